The summed E-state index contributed by atoms with van der Waals surface area (Å²) in [6, 6.07) is 3.99. The van der Waals surface area contributed by atoms with Crippen LogP contribution in [0.15, 0.2) is 24.4 Å². The molecule has 0 aliphatic rings. The van der Waals surface area contributed by atoms with E-state index in [-0.39, 0.29) is 27.8 Å². The molecule has 0 saturated heterocycles. The number of halogens is 2. The predicted octanol–water partition coefficient (Wildman–Crippen LogP) is 2.45. The summed E-state index contributed by atoms with van der Waals surface area (Å²) in [7, 11) is 2.96. The first-order chi connectivity index (χ1) is 8.54. The van der Waals surface area contributed by atoms with E-state index in [4.69, 9.17) is 16.3 Å². The Kier molecular flexibility index (Phi) is 3.34. The van der Waals surface area contributed by atoms with Gasteiger partial charge < -0.3 is 4.74 Å². The summed E-state index contributed by atoms with van der Waals surface area (Å²) < 4.78 is 19.7. The first kappa shape index (κ1) is 12.6. The molecule has 2 aromatic rings. The van der Waals surface area contributed by atoms with E-state index in [2.05, 4.69) is 5.10 Å². The number of carbonyl (C=O) groups excluding carboxylic acids is 1. The van der Waals surface area contributed by atoms with Crippen LogP contribution in [0.3, 0.4) is 0 Å². The first-order valence-corrected chi connectivity index (χ1v) is 5.48. The highest BCUT2D eigenvalue weighted by atomic mass is 35.5. The minimum absolute atomic E-state index is 0.0858. The maximum absolute atomic E-state index is 13.5. The van der Waals surface area contributed by atoms with Crippen LogP contribution in [0.5, 0.6) is 5.75 Å². The Bertz CT molecular complexity index is 591. The summed E-state index contributed by atoms with van der Waals surface area (Å²) in [6.45, 7) is 0. The number of aromatic nitrogens is 2. The van der Waals surface area contributed by atoms with Crippen LogP contribution < -0.4 is 4.74 Å². The molecular weight excluding hydrogens is 259 g/mol. The number of aryl methyl sites for hydroxylation is 1. The van der Waals surface area contributed by atoms with Crippen molar-refractivity contribution >= 4 is 17.4 Å². The highest BCUT2D eigenvalue weighted by Gasteiger charge is 2.18. The molecule has 1 heterocycles. The third-order valence-corrected chi connectivity index (χ3v) is 2.80. The van der Waals surface area contributed by atoms with Crippen LogP contribution in [0.25, 0.3) is 0 Å². The Morgan fingerprint density at radius 2 is 2.22 bits per heavy atom. The average molecular weight is 269 g/mol. The molecule has 0 aliphatic carbocycles. The number of benzene rings is 1. The monoisotopic (exact) mass is 268 g/mol. The van der Waals surface area contributed by atoms with E-state index in [1.807, 2.05) is 0 Å². The topological polar surface area (TPSA) is 44.1 Å². The lowest BCUT2D eigenvalue weighted by Crippen LogP contribution is -2.09. The molecule has 0 saturated carbocycles. The molecule has 2 rings (SSSR count). The van der Waals surface area contributed by atoms with Crippen LogP contribution in [0.4, 0.5) is 4.39 Å². The molecule has 0 aliphatic heterocycles. The fraction of sp³-hybridized carbons (Fsp3) is 0.167. The fourth-order valence-electron chi connectivity index (χ4n) is 1.61. The number of nitrogens with zero attached hydrogens (tertiary/aromatic N) is 2. The Morgan fingerprint density at radius 1 is 1.50 bits per heavy atom. The van der Waals surface area contributed by atoms with Crippen molar-refractivity contribution in [2.75, 3.05) is 7.11 Å². The summed E-state index contributed by atoms with van der Waals surface area (Å²) in [6.07, 6.45) is 1.37. The summed E-state index contributed by atoms with van der Waals surface area (Å²) in [5.74, 6) is -0.897. The van der Waals surface area contributed by atoms with Crippen LogP contribution in [-0.2, 0) is 7.05 Å². The second-order valence-corrected chi connectivity index (χ2v) is 4.05. The van der Waals surface area contributed by atoms with Crippen molar-refractivity contribution < 1.29 is 13.9 Å². The van der Waals surface area contributed by atoms with Crippen LogP contribution >= 0.6 is 11.6 Å². The minimum Gasteiger partial charge on any atom is -0.494 e. The van der Waals surface area contributed by atoms with Gasteiger partial charge in [-0.15, -0.1) is 0 Å². The lowest BCUT2D eigenvalue weighted by Gasteiger charge is -2.05. The fourth-order valence-corrected chi connectivity index (χ4v) is 1.86. The van der Waals surface area contributed by atoms with Gasteiger partial charge >= 0.3 is 0 Å². The van der Waals surface area contributed by atoms with E-state index in [9.17, 15) is 9.18 Å². The summed E-state index contributed by atoms with van der Waals surface area (Å²) in [5.41, 5.74) is 0.417. The summed E-state index contributed by atoms with van der Waals surface area (Å²) >= 11 is 5.87. The Labute approximate surface area is 108 Å². The lowest BCUT2D eigenvalue weighted by atomic mass is 10.1. The number of ether oxygens (including phenoxy) is 1. The molecule has 0 spiro atoms. The molecular formula is C12H10ClFN2O2. The molecule has 1 aromatic carbocycles. The third kappa shape index (κ3) is 2.09. The summed E-state index contributed by atoms with van der Waals surface area (Å²) in [5, 5.41) is 4.10. The molecule has 94 valence electrons. The number of rotatable bonds is 3. The van der Waals surface area contributed by atoms with Crippen molar-refractivity contribution in [3.63, 3.8) is 0 Å². The van der Waals surface area contributed by atoms with Crippen LogP contribution in [0, 0.1) is 5.82 Å². The number of hydrogen-bond donors (Lipinski definition) is 0. The number of carbonyl (C=O) groups is 1. The average Bonchev–Trinajstić information content (AvgIpc) is 2.68. The maximum Gasteiger partial charge on any atom is 0.212 e. The smallest absolute Gasteiger partial charge is 0.212 e. The number of hydrogen-bond acceptors (Lipinski definition) is 3. The molecule has 0 radical (unpaired) electrons. The second kappa shape index (κ2) is 4.78. The molecule has 4 nitrogen and oxygen atoms in total. The predicted molar refractivity (Wildman–Crippen MR) is 64.6 cm³/mol. The SMILES string of the molecule is COc1ccc(C(=O)c2c(Cl)cnn2C)cc1F. The Morgan fingerprint density at radius 3 is 2.72 bits per heavy atom. The Hall–Kier alpha value is -1.88. The highest BCUT2D eigenvalue weighted by Crippen LogP contribution is 2.22. The standard InChI is InChI=1S/C12H10ClFN2O2/c1-16-11(8(13)6-15-16)12(17)7-3-4-10(18-2)9(14)5-7/h3-6H,1-2H3. The van der Waals surface area contributed by atoms with Gasteiger partial charge in [-0.2, -0.15) is 5.10 Å². The van der Waals surface area contributed by atoms with Gasteiger partial charge in [0.15, 0.2) is 11.6 Å². The Balaban J connectivity index is 2.44. The molecule has 0 N–H and O–H groups in total. The van der Waals surface area contributed by atoms with Gasteiger partial charge in [-0.05, 0) is 18.2 Å². The minimum atomic E-state index is -0.596. The van der Waals surface area contributed by atoms with Crippen molar-refractivity contribution in [3.8, 4) is 5.75 Å². The zero-order valence-corrected chi connectivity index (χ0v) is 10.5. The van der Waals surface area contributed by atoms with Gasteiger partial charge in [0.05, 0.1) is 18.3 Å². The molecule has 18 heavy (non-hydrogen) atoms. The zero-order valence-electron chi connectivity index (χ0n) is 9.78. The maximum atomic E-state index is 13.5. The largest absolute Gasteiger partial charge is 0.494 e. The van der Waals surface area contributed by atoms with Crippen LogP contribution in [0.1, 0.15) is 16.1 Å². The zero-order chi connectivity index (χ0) is 13.3. The van der Waals surface area contributed by atoms with E-state index in [0.717, 1.165) is 6.07 Å². The van der Waals surface area contributed by atoms with E-state index in [1.54, 1.807) is 7.05 Å². The van der Waals surface area contributed by atoms with Gasteiger partial charge in [0.2, 0.25) is 5.78 Å². The van der Waals surface area contributed by atoms with Gasteiger partial charge in [0, 0.05) is 12.6 Å². The molecule has 1 aromatic heterocycles. The van der Waals surface area contributed by atoms with Gasteiger partial charge in [-0.3, -0.25) is 9.48 Å². The number of ketones is 1. The van der Waals surface area contributed by atoms with Crippen molar-refractivity contribution in [2.45, 2.75) is 0 Å². The van der Waals surface area contributed by atoms with Crippen LogP contribution in [-0.4, -0.2) is 22.7 Å². The second-order valence-electron chi connectivity index (χ2n) is 3.64. The van der Waals surface area contributed by atoms with Gasteiger partial charge in [0.25, 0.3) is 0 Å². The number of methoxy groups -OCH3 is 1. The van der Waals surface area contributed by atoms with Crippen molar-refractivity contribution in [1.82, 2.24) is 9.78 Å². The molecule has 0 bridgehead atoms. The van der Waals surface area contributed by atoms with Crippen molar-refractivity contribution in [2.24, 2.45) is 7.05 Å². The highest BCUT2D eigenvalue weighted by molar-refractivity contribution is 6.34. The molecule has 6 heteroatoms. The molecule has 0 amide bonds. The van der Waals surface area contributed by atoms with Gasteiger partial charge in [0.1, 0.15) is 5.69 Å². The summed E-state index contributed by atoms with van der Waals surface area (Å²) in [4.78, 5) is 12.1. The first-order valence-electron chi connectivity index (χ1n) is 5.10. The third-order valence-electron chi connectivity index (χ3n) is 2.52. The lowest BCUT2D eigenvalue weighted by molar-refractivity contribution is 0.103. The van der Waals surface area contributed by atoms with E-state index in [0.29, 0.717) is 0 Å². The van der Waals surface area contributed by atoms with E-state index >= 15 is 0 Å². The molecule has 0 unspecified atom stereocenters. The quantitative estimate of drug-likeness (QED) is 0.803. The van der Waals surface area contributed by atoms with Crippen molar-refractivity contribution in [1.29, 1.82) is 0 Å². The molecule has 0 fully saturated rings. The van der Waals surface area contributed by atoms with E-state index in [1.165, 1.54) is 30.1 Å². The van der Waals surface area contributed by atoms with Crippen molar-refractivity contribution in [3.05, 3.63) is 46.5 Å². The normalized spacial score (nSPS) is 10.4. The van der Waals surface area contributed by atoms with Gasteiger partial charge in [-0.25, -0.2) is 4.39 Å². The van der Waals surface area contributed by atoms with Gasteiger partial charge in [-0.1, -0.05) is 11.6 Å². The molecule has 0 atom stereocenters. The van der Waals surface area contributed by atoms with E-state index < -0.39 is 5.82 Å². The van der Waals surface area contributed by atoms with Crippen LogP contribution in [0.2, 0.25) is 5.02 Å².